The number of likely N-dealkylation sites (N-methyl/N-ethyl adjacent to an activating group) is 1. The van der Waals surface area contributed by atoms with Crippen molar-refractivity contribution in [1.82, 2.24) is 10.2 Å². The minimum absolute atomic E-state index is 0.0421. The summed E-state index contributed by atoms with van der Waals surface area (Å²) < 4.78 is 13.1. The molecule has 0 bridgehead atoms. The second-order valence-electron chi connectivity index (χ2n) is 5.56. The van der Waals surface area contributed by atoms with Crippen molar-refractivity contribution in [3.63, 3.8) is 0 Å². The van der Waals surface area contributed by atoms with Gasteiger partial charge in [-0.05, 0) is 37.2 Å². The minimum Gasteiger partial charge on any atom is -0.351 e. The maximum absolute atomic E-state index is 13.1. The first-order chi connectivity index (χ1) is 10.5. The van der Waals surface area contributed by atoms with Crippen molar-refractivity contribution >= 4 is 5.91 Å². The molecule has 2 rings (SSSR count). The number of nitrogens with one attached hydrogen (secondary N) is 1. The predicted octanol–water partition coefficient (Wildman–Crippen LogP) is 2.88. The molecule has 0 aliphatic rings. The van der Waals surface area contributed by atoms with E-state index in [9.17, 15) is 9.18 Å². The molecule has 1 amide bonds. The number of halogens is 1. The first-order valence-electron chi connectivity index (χ1n) is 7.28. The topological polar surface area (TPSA) is 32.3 Å². The highest BCUT2D eigenvalue weighted by Crippen LogP contribution is 2.06. The van der Waals surface area contributed by atoms with Crippen LogP contribution in [0.25, 0.3) is 0 Å². The summed E-state index contributed by atoms with van der Waals surface area (Å²) in [5.74, 6) is -0.297. The summed E-state index contributed by atoms with van der Waals surface area (Å²) in [7, 11) is 1.84. The fourth-order valence-corrected chi connectivity index (χ4v) is 2.21. The smallest absolute Gasteiger partial charge is 0.234 e. The molecular formula is C18H21FN2O. The van der Waals surface area contributed by atoms with E-state index in [0.29, 0.717) is 13.1 Å². The Balaban J connectivity index is 1.77. The number of aryl methyl sites for hydroxylation is 1. The average molecular weight is 300 g/mol. The van der Waals surface area contributed by atoms with Crippen LogP contribution < -0.4 is 5.32 Å². The molecule has 4 heteroatoms. The first kappa shape index (κ1) is 16.2. The summed E-state index contributed by atoms with van der Waals surface area (Å²) >= 11 is 0. The molecule has 116 valence electrons. The van der Waals surface area contributed by atoms with Gasteiger partial charge in [-0.1, -0.05) is 42.0 Å². The zero-order valence-corrected chi connectivity index (χ0v) is 13.0. The molecule has 22 heavy (non-hydrogen) atoms. The molecule has 0 atom stereocenters. The van der Waals surface area contributed by atoms with Crippen molar-refractivity contribution in [1.29, 1.82) is 0 Å². The lowest BCUT2D eigenvalue weighted by atomic mass is 10.1. The Morgan fingerprint density at radius 2 is 1.86 bits per heavy atom. The number of rotatable bonds is 6. The molecule has 0 spiro atoms. The lowest BCUT2D eigenvalue weighted by molar-refractivity contribution is -0.122. The van der Waals surface area contributed by atoms with Gasteiger partial charge in [0.1, 0.15) is 5.82 Å². The number of amides is 1. The molecule has 2 aromatic rings. The predicted molar refractivity (Wildman–Crippen MR) is 85.8 cm³/mol. The van der Waals surface area contributed by atoms with Crippen molar-refractivity contribution in [2.45, 2.75) is 20.0 Å². The molecule has 0 aliphatic heterocycles. The fourth-order valence-electron chi connectivity index (χ4n) is 2.21. The minimum atomic E-state index is -0.255. The van der Waals surface area contributed by atoms with Crippen LogP contribution in [-0.2, 0) is 17.9 Å². The van der Waals surface area contributed by atoms with Crippen LogP contribution in [0.5, 0.6) is 0 Å². The number of hydrogen-bond donors (Lipinski definition) is 1. The van der Waals surface area contributed by atoms with Crippen LogP contribution in [0.2, 0.25) is 0 Å². The van der Waals surface area contributed by atoms with Crippen molar-refractivity contribution in [3.8, 4) is 0 Å². The summed E-state index contributed by atoms with van der Waals surface area (Å²) in [6.45, 7) is 3.37. The molecule has 0 heterocycles. The van der Waals surface area contributed by atoms with Gasteiger partial charge >= 0.3 is 0 Å². The first-order valence-corrected chi connectivity index (χ1v) is 7.28. The second-order valence-corrected chi connectivity index (χ2v) is 5.56. The standard InChI is InChI=1S/C18H21FN2O/c1-14-6-8-15(9-7-14)11-20-18(22)13-21(2)12-16-4-3-5-17(19)10-16/h3-10H,11-13H2,1-2H3,(H,20,22). The van der Waals surface area contributed by atoms with Crippen molar-refractivity contribution in [3.05, 3.63) is 71.0 Å². The van der Waals surface area contributed by atoms with Crippen LogP contribution in [0.15, 0.2) is 48.5 Å². The van der Waals surface area contributed by atoms with E-state index in [1.807, 2.05) is 49.2 Å². The van der Waals surface area contributed by atoms with Gasteiger partial charge in [0.05, 0.1) is 6.54 Å². The van der Waals surface area contributed by atoms with Crippen LogP contribution in [0, 0.1) is 12.7 Å². The Bertz CT molecular complexity index is 625. The van der Waals surface area contributed by atoms with Gasteiger partial charge in [0.25, 0.3) is 0 Å². The second kappa shape index (κ2) is 7.71. The number of carbonyl (C=O) groups is 1. The van der Waals surface area contributed by atoms with Crippen molar-refractivity contribution < 1.29 is 9.18 Å². The highest BCUT2D eigenvalue weighted by Gasteiger charge is 2.07. The largest absolute Gasteiger partial charge is 0.351 e. The maximum atomic E-state index is 13.1. The van der Waals surface area contributed by atoms with Gasteiger partial charge in [-0.3, -0.25) is 9.69 Å². The molecule has 2 aromatic carbocycles. The Kier molecular flexibility index (Phi) is 5.67. The summed E-state index contributed by atoms with van der Waals surface area (Å²) in [6.07, 6.45) is 0. The highest BCUT2D eigenvalue weighted by atomic mass is 19.1. The molecule has 0 fully saturated rings. The van der Waals surface area contributed by atoms with Gasteiger partial charge in [0, 0.05) is 13.1 Å². The van der Waals surface area contributed by atoms with Gasteiger partial charge in [-0.2, -0.15) is 0 Å². The summed E-state index contributed by atoms with van der Waals surface area (Å²) in [5.41, 5.74) is 3.13. The van der Waals surface area contributed by atoms with Gasteiger partial charge in [-0.25, -0.2) is 4.39 Å². The maximum Gasteiger partial charge on any atom is 0.234 e. The van der Waals surface area contributed by atoms with Crippen LogP contribution in [0.4, 0.5) is 4.39 Å². The van der Waals surface area contributed by atoms with Crippen LogP contribution in [-0.4, -0.2) is 24.4 Å². The SMILES string of the molecule is Cc1ccc(CNC(=O)CN(C)Cc2cccc(F)c2)cc1. The molecular weight excluding hydrogens is 279 g/mol. The number of nitrogens with zero attached hydrogens (tertiary/aromatic N) is 1. The van der Waals surface area contributed by atoms with Gasteiger partial charge in [-0.15, -0.1) is 0 Å². The van der Waals surface area contributed by atoms with E-state index in [0.717, 1.165) is 11.1 Å². The van der Waals surface area contributed by atoms with Crippen molar-refractivity contribution in [2.24, 2.45) is 0 Å². The third-order valence-corrected chi connectivity index (χ3v) is 3.37. The van der Waals surface area contributed by atoms with Crippen LogP contribution in [0.3, 0.4) is 0 Å². The van der Waals surface area contributed by atoms with E-state index in [1.54, 1.807) is 6.07 Å². The van der Waals surface area contributed by atoms with E-state index in [2.05, 4.69) is 5.32 Å². The Morgan fingerprint density at radius 1 is 1.14 bits per heavy atom. The average Bonchev–Trinajstić information content (AvgIpc) is 2.46. The van der Waals surface area contributed by atoms with Crippen molar-refractivity contribution in [2.75, 3.05) is 13.6 Å². The number of benzene rings is 2. The van der Waals surface area contributed by atoms with E-state index in [4.69, 9.17) is 0 Å². The lowest BCUT2D eigenvalue weighted by Gasteiger charge is -2.16. The Hall–Kier alpha value is -2.20. The monoisotopic (exact) mass is 300 g/mol. The molecule has 0 saturated carbocycles. The Morgan fingerprint density at radius 3 is 2.55 bits per heavy atom. The van der Waals surface area contributed by atoms with Gasteiger partial charge in [0.2, 0.25) is 5.91 Å². The molecule has 0 unspecified atom stereocenters. The third kappa shape index (κ3) is 5.30. The lowest BCUT2D eigenvalue weighted by Crippen LogP contribution is -2.34. The zero-order chi connectivity index (χ0) is 15.9. The van der Waals surface area contributed by atoms with E-state index >= 15 is 0 Å². The zero-order valence-electron chi connectivity index (χ0n) is 13.0. The number of hydrogen-bond acceptors (Lipinski definition) is 2. The van der Waals surface area contributed by atoms with Crippen LogP contribution in [0.1, 0.15) is 16.7 Å². The molecule has 3 nitrogen and oxygen atoms in total. The van der Waals surface area contributed by atoms with Gasteiger partial charge < -0.3 is 5.32 Å². The normalized spacial score (nSPS) is 10.7. The Labute approximate surface area is 130 Å². The fraction of sp³-hybridized carbons (Fsp3) is 0.278. The quantitative estimate of drug-likeness (QED) is 0.889. The van der Waals surface area contributed by atoms with E-state index < -0.39 is 0 Å². The molecule has 0 aromatic heterocycles. The third-order valence-electron chi connectivity index (χ3n) is 3.37. The van der Waals surface area contributed by atoms with Gasteiger partial charge in [0.15, 0.2) is 0 Å². The summed E-state index contributed by atoms with van der Waals surface area (Å²) in [6, 6.07) is 14.5. The summed E-state index contributed by atoms with van der Waals surface area (Å²) in [5, 5.41) is 2.89. The van der Waals surface area contributed by atoms with E-state index in [1.165, 1.54) is 17.7 Å². The number of carbonyl (C=O) groups excluding carboxylic acids is 1. The summed E-state index contributed by atoms with van der Waals surface area (Å²) in [4.78, 5) is 13.8. The molecule has 0 radical (unpaired) electrons. The van der Waals surface area contributed by atoms with Crippen LogP contribution >= 0.6 is 0 Å². The molecule has 0 aliphatic carbocycles. The van der Waals surface area contributed by atoms with E-state index in [-0.39, 0.29) is 18.3 Å². The highest BCUT2D eigenvalue weighted by molar-refractivity contribution is 5.77. The molecule has 0 saturated heterocycles. The molecule has 1 N–H and O–H groups in total.